The van der Waals surface area contributed by atoms with Crippen LogP contribution in [0.3, 0.4) is 0 Å². The predicted molar refractivity (Wildman–Crippen MR) is 68.7 cm³/mol. The Hall–Kier alpha value is -0.0800. The monoisotopic (exact) mass is 225 g/mol. The number of benzene rings is 1. The highest BCUT2D eigenvalue weighted by Crippen LogP contribution is 2.41. The van der Waals surface area contributed by atoms with Crippen LogP contribution in [0.15, 0.2) is 29.2 Å². The number of hydrogen-bond donors (Lipinski definition) is 0. The zero-order valence-corrected chi connectivity index (χ0v) is 10.7. The summed E-state index contributed by atoms with van der Waals surface area (Å²) in [4.78, 5) is 1.35. The predicted octanol–water partition coefficient (Wildman–Crippen LogP) is 4.60. The Bertz CT molecular complexity index is 287. The molecule has 0 unspecified atom stereocenters. The lowest BCUT2D eigenvalue weighted by molar-refractivity contribution is 0.810. The van der Waals surface area contributed by atoms with E-state index in [0.717, 1.165) is 6.42 Å². The van der Waals surface area contributed by atoms with E-state index in [1.54, 1.807) is 0 Å². The van der Waals surface area contributed by atoms with Gasteiger partial charge in [0.15, 0.2) is 0 Å². The molecule has 2 heteroatoms. The Kier molecular flexibility index (Phi) is 4.39. The molecule has 0 nitrogen and oxygen atoms in total. The zero-order valence-electron chi connectivity index (χ0n) is 9.04. The van der Waals surface area contributed by atoms with E-state index in [4.69, 9.17) is 0 Å². The van der Waals surface area contributed by atoms with Crippen LogP contribution < -0.4 is 0 Å². The van der Waals surface area contributed by atoms with Crippen LogP contribution >= 0.6 is 21.6 Å². The van der Waals surface area contributed by atoms with Gasteiger partial charge < -0.3 is 0 Å². The summed E-state index contributed by atoms with van der Waals surface area (Å²) in [5, 5.41) is 0. The molecule has 0 aliphatic carbocycles. The van der Waals surface area contributed by atoms with Crippen LogP contribution in [0.4, 0.5) is 0 Å². The maximum atomic E-state index is 3.94. The lowest BCUT2D eigenvalue weighted by Crippen LogP contribution is -2.04. The molecule has 0 atom stereocenters. The fraction of sp³-hybridized carbons (Fsp3) is 0.417. The largest absolute Gasteiger partial charge is 0.0830 e. The molecule has 0 N–H and O–H groups in total. The molecule has 14 heavy (non-hydrogen) atoms. The van der Waals surface area contributed by atoms with E-state index in [1.165, 1.54) is 10.5 Å². The molecule has 0 amide bonds. The molecule has 1 aromatic rings. The number of hydrogen-bond acceptors (Lipinski definition) is 2. The Morgan fingerprint density at radius 1 is 1.21 bits per heavy atom. The molecular weight excluding hydrogens is 208 g/mol. The molecule has 0 saturated carbocycles. The fourth-order valence-corrected chi connectivity index (χ4v) is 3.22. The van der Waals surface area contributed by atoms with Crippen LogP contribution in [0.5, 0.6) is 0 Å². The Balaban J connectivity index is 2.67. The molecule has 1 aromatic carbocycles. The first-order valence-corrected chi connectivity index (χ1v) is 6.91. The Labute approximate surface area is 95.3 Å². The highest BCUT2D eigenvalue weighted by molar-refractivity contribution is 8.77. The van der Waals surface area contributed by atoms with Crippen molar-refractivity contribution in [1.82, 2.24) is 0 Å². The summed E-state index contributed by atoms with van der Waals surface area (Å²) in [6.45, 7) is 10.6. The van der Waals surface area contributed by atoms with E-state index < -0.39 is 0 Å². The third kappa shape index (κ3) is 3.97. The van der Waals surface area contributed by atoms with Crippen molar-refractivity contribution in [3.8, 4) is 0 Å². The maximum Gasteiger partial charge on any atom is 0.0215 e. The van der Waals surface area contributed by atoms with Crippen molar-refractivity contribution in [3.63, 3.8) is 0 Å². The standard InChI is InChI=1S/C12H17S2/c1-5-10-8-6-7-9-11(10)13-14-12(2,3)4/h6-9H,1,5H2,2-4H3. The molecule has 0 aromatic heterocycles. The molecule has 0 spiro atoms. The second-order valence-electron chi connectivity index (χ2n) is 4.14. The lowest BCUT2D eigenvalue weighted by atomic mass is 10.2. The third-order valence-corrected chi connectivity index (χ3v) is 5.07. The smallest absolute Gasteiger partial charge is 0.0215 e. The van der Waals surface area contributed by atoms with E-state index in [9.17, 15) is 0 Å². The van der Waals surface area contributed by atoms with E-state index in [0.29, 0.717) is 4.75 Å². The fourth-order valence-electron chi connectivity index (χ4n) is 0.962. The molecule has 0 aliphatic rings. The lowest BCUT2D eigenvalue weighted by Gasteiger charge is -2.17. The molecule has 0 aliphatic heterocycles. The minimum Gasteiger partial charge on any atom is -0.0830 e. The first-order valence-electron chi connectivity index (χ1n) is 4.76. The van der Waals surface area contributed by atoms with E-state index >= 15 is 0 Å². The molecular formula is C12H17S2. The Morgan fingerprint density at radius 2 is 1.86 bits per heavy atom. The average molecular weight is 225 g/mol. The van der Waals surface area contributed by atoms with Gasteiger partial charge in [-0.25, -0.2) is 0 Å². The van der Waals surface area contributed by atoms with Gasteiger partial charge in [-0.05, 0) is 25.0 Å². The minimum absolute atomic E-state index is 0.305. The van der Waals surface area contributed by atoms with Crippen molar-refractivity contribution in [1.29, 1.82) is 0 Å². The molecule has 77 valence electrons. The highest BCUT2D eigenvalue weighted by atomic mass is 33.1. The SMILES string of the molecule is [CH2]Cc1ccccc1SSC(C)(C)C. The van der Waals surface area contributed by atoms with Crippen LogP contribution in [0, 0.1) is 6.92 Å². The summed E-state index contributed by atoms with van der Waals surface area (Å²) in [7, 11) is 3.76. The van der Waals surface area contributed by atoms with Crippen molar-refractivity contribution < 1.29 is 0 Å². The van der Waals surface area contributed by atoms with Crippen molar-refractivity contribution in [2.24, 2.45) is 0 Å². The van der Waals surface area contributed by atoms with Crippen molar-refractivity contribution in [2.45, 2.75) is 36.8 Å². The van der Waals surface area contributed by atoms with Gasteiger partial charge in [0.05, 0.1) is 0 Å². The van der Waals surface area contributed by atoms with Gasteiger partial charge in [-0.1, -0.05) is 60.6 Å². The summed E-state index contributed by atoms with van der Waals surface area (Å²) in [6.07, 6.45) is 0.869. The second kappa shape index (κ2) is 5.13. The van der Waals surface area contributed by atoms with Crippen LogP contribution in [0.25, 0.3) is 0 Å². The first kappa shape index (κ1) is 12.0. The van der Waals surface area contributed by atoms with Gasteiger partial charge in [0.2, 0.25) is 0 Å². The van der Waals surface area contributed by atoms with E-state index in [-0.39, 0.29) is 0 Å². The van der Waals surface area contributed by atoms with Crippen molar-refractivity contribution in [3.05, 3.63) is 36.8 Å². The molecule has 0 saturated heterocycles. The Morgan fingerprint density at radius 3 is 2.43 bits per heavy atom. The highest BCUT2D eigenvalue weighted by Gasteiger charge is 2.12. The van der Waals surface area contributed by atoms with Gasteiger partial charge in [-0.2, -0.15) is 0 Å². The maximum absolute atomic E-state index is 3.94. The van der Waals surface area contributed by atoms with Crippen LogP contribution in [0.1, 0.15) is 26.3 Å². The van der Waals surface area contributed by atoms with E-state index in [2.05, 4.69) is 52.0 Å². The average Bonchev–Trinajstić information content (AvgIpc) is 2.14. The molecule has 0 heterocycles. The number of rotatable bonds is 3. The van der Waals surface area contributed by atoms with Gasteiger partial charge in [0.25, 0.3) is 0 Å². The normalized spacial score (nSPS) is 11.7. The summed E-state index contributed by atoms with van der Waals surface area (Å²) >= 11 is 0. The first-order chi connectivity index (χ1) is 6.53. The summed E-state index contributed by atoms with van der Waals surface area (Å²) < 4.78 is 0.305. The summed E-state index contributed by atoms with van der Waals surface area (Å²) in [5.74, 6) is 0. The van der Waals surface area contributed by atoms with Gasteiger partial charge in [0.1, 0.15) is 0 Å². The van der Waals surface area contributed by atoms with Crippen molar-refractivity contribution >= 4 is 21.6 Å². The minimum atomic E-state index is 0.305. The second-order valence-corrected chi connectivity index (χ2v) is 7.13. The van der Waals surface area contributed by atoms with Gasteiger partial charge in [0, 0.05) is 9.64 Å². The summed E-state index contributed by atoms with van der Waals surface area (Å²) in [5.41, 5.74) is 1.34. The van der Waals surface area contributed by atoms with Crippen LogP contribution in [-0.4, -0.2) is 4.75 Å². The van der Waals surface area contributed by atoms with E-state index in [1.807, 2.05) is 21.6 Å². The third-order valence-electron chi connectivity index (χ3n) is 1.62. The van der Waals surface area contributed by atoms with Gasteiger partial charge in [-0.15, -0.1) is 0 Å². The van der Waals surface area contributed by atoms with Gasteiger partial charge in [-0.3, -0.25) is 0 Å². The molecule has 1 radical (unpaired) electrons. The van der Waals surface area contributed by atoms with Crippen LogP contribution in [0.2, 0.25) is 0 Å². The topological polar surface area (TPSA) is 0 Å². The summed E-state index contributed by atoms with van der Waals surface area (Å²) in [6, 6.07) is 8.49. The van der Waals surface area contributed by atoms with Crippen molar-refractivity contribution in [2.75, 3.05) is 0 Å². The van der Waals surface area contributed by atoms with Crippen LogP contribution in [-0.2, 0) is 6.42 Å². The molecule has 0 bridgehead atoms. The zero-order chi connectivity index (χ0) is 10.6. The van der Waals surface area contributed by atoms with Gasteiger partial charge >= 0.3 is 0 Å². The quantitative estimate of drug-likeness (QED) is 0.689. The molecule has 1 rings (SSSR count). The molecule has 0 fully saturated rings.